The molecule has 1 aromatic rings. The Balaban J connectivity index is 2.07. The maximum absolute atomic E-state index is 9.26. The molecule has 1 fully saturated rings. The molecule has 2 heteroatoms. The molecule has 0 saturated heterocycles. The monoisotopic (exact) mass is 219 g/mol. The third-order valence-corrected chi connectivity index (χ3v) is 3.79. The van der Waals surface area contributed by atoms with Crippen molar-refractivity contribution in [1.82, 2.24) is 0 Å². The Morgan fingerprint density at radius 3 is 2.31 bits per heavy atom. The number of nitrogens with one attached hydrogen (secondary N) is 1. The summed E-state index contributed by atoms with van der Waals surface area (Å²) < 4.78 is 0. The first kappa shape index (κ1) is 11.5. The minimum Gasteiger partial charge on any atom is -0.396 e. The predicted octanol–water partition coefficient (Wildman–Crippen LogP) is 2.80. The Hall–Kier alpha value is -1.02. The summed E-state index contributed by atoms with van der Waals surface area (Å²) in [4.78, 5) is 0. The van der Waals surface area contributed by atoms with Gasteiger partial charge in [0.15, 0.2) is 0 Å². The molecule has 0 atom stereocenters. The average Bonchev–Trinajstić information content (AvgIpc) is 3.02. The van der Waals surface area contributed by atoms with Crippen LogP contribution in [0, 0.1) is 26.2 Å². The molecule has 2 rings (SSSR count). The van der Waals surface area contributed by atoms with E-state index >= 15 is 0 Å². The van der Waals surface area contributed by atoms with E-state index < -0.39 is 0 Å². The van der Waals surface area contributed by atoms with Gasteiger partial charge in [-0.3, -0.25) is 0 Å². The van der Waals surface area contributed by atoms with Crippen molar-refractivity contribution in [1.29, 1.82) is 0 Å². The number of hydrogen-bond acceptors (Lipinski definition) is 2. The summed E-state index contributed by atoms with van der Waals surface area (Å²) in [5.74, 6) is 0. The zero-order valence-electron chi connectivity index (χ0n) is 10.4. The number of aliphatic hydroxyl groups is 1. The van der Waals surface area contributed by atoms with E-state index in [1.807, 2.05) is 0 Å². The minimum absolute atomic E-state index is 0.172. The fourth-order valence-corrected chi connectivity index (χ4v) is 2.00. The van der Waals surface area contributed by atoms with Gasteiger partial charge in [0.05, 0.1) is 6.61 Å². The lowest BCUT2D eigenvalue weighted by molar-refractivity contribution is 0.220. The highest BCUT2D eigenvalue weighted by atomic mass is 16.3. The van der Waals surface area contributed by atoms with Gasteiger partial charge in [-0.1, -0.05) is 6.07 Å². The molecule has 1 aliphatic rings. The summed E-state index contributed by atoms with van der Waals surface area (Å²) >= 11 is 0. The van der Waals surface area contributed by atoms with Crippen molar-refractivity contribution in [3.05, 3.63) is 28.8 Å². The zero-order valence-corrected chi connectivity index (χ0v) is 10.4. The quantitative estimate of drug-likeness (QED) is 0.816. The van der Waals surface area contributed by atoms with E-state index in [4.69, 9.17) is 0 Å². The molecule has 16 heavy (non-hydrogen) atoms. The van der Waals surface area contributed by atoms with Gasteiger partial charge in [0.1, 0.15) is 0 Å². The first-order chi connectivity index (χ1) is 7.56. The van der Waals surface area contributed by atoms with Crippen LogP contribution in [0.5, 0.6) is 0 Å². The van der Waals surface area contributed by atoms with Gasteiger partial charge in [0.25, 0.3) is 0 Å². The van der Waals surface area contributed by atoms with E-state index in [0.29, 0.717) is 6.61 Å². The Labute approximate surface area is 97.7 Å². The van der Waals surface area contributed by atoms with Crippen molar-refractivity contribution in [3.8, 4) is 0 Å². The lowest BCUT2D eigenvalue weighted by Gasteiger charge is -2.16. The number of rotatable bonds is 4. The van der Waals surface area contributed by atoms with Gasteiger partial charge in [-0.15, -0.1) is 0 Å². The molecule has 2 nitrogen and oxygen atoms in total. The highest BCUT2D eigenvalue weighted by molar-refractivity contribution is 5.55. The van der Waals surface area contributed by atoms with Crippen molar-refractivity contribution in [3.63, 3.8) is 0 Å². The summed E-state index contributed by atoms with van der Waals surface area (Å²) in [6.45, 7) is 7.62. The second-order valence-corrected chi connectivity index (χ2v) is 5.26. The molecular weight excluding hydrogens is 198 g/mol. The molecule has 0 amide bonds. The number of aryl methyl sites for hydroxylation is 3. The van der Waals surface area contributed by atoms with Crippen LogP contribution in [0.1, 0.15) is 29.5 Å². The van der Waals surface area contributed by atoms with E-state index in [1.54, 1.807) is 0 Å². The van der Waals surface area contributed by atoms with Crippen LogP contribution >= 0.6 is 0 Å². The summed E-state index contributed by atoms with van der Waals surface area (Å²) in [5, 5.41) is 12.7. The summed E-state index contributed by atoms with van der Waals surface area (Å²) in [6.07, 6.45) is 2.31. The Morgan fingerprint density at radius 1 is 1.12 bits per heavy atom. The predicted molar refractivity (Wildman–Crippen MR) is 67.9 cm³/mol. The highest BCUT2D eigenvalue weighted by Crippen LogP contribution is 2.45. The molecule has 0 bridgehead atoms. The van der Waals surface area contributed by atoms with Crippen LogP contribution in [0.2, 0.25) is 0 Å². The van der Waals surface area contributed by atoms with Crippen LogP contribution in [0.4, 0.5) is 5.69 Å². The lowest BCUT2D eigenvalue weighted by atomic mass is 10.0. The first-order valence-electron chi connectivity index (χ1n) is 5.99. The molecule has 0 heterocycles. The summed E-state index contributed by atoms with van der Waals surface area (Å²) in [7, 11) is 0. The molecule has 0 spiro atoms. The molecule has 0 aromatic heterocycles. The number of anilines is 1. The van der Waals surface area contributed by atoms with Crippen molar-refractivity contribution in [2.75, 3.05) is 18.5 Å². The lowest BCUT2D eigenvalue weighted by Crippen LogP contribution is -2.19. The van der Waals surface area contributed by atoms with E-state index in [-0.39, 0.29) is 5.41 Å². The molecule has 1 aromatic carbocycles. The van der Waals surface area contributed by atoms with Crippen LogP contribution < -0.4 is 5.32 Å². The number of hydrogen-bond donors (Lipinski definition) is 2. The van der Waals surface area contributed by atoms with Crippen molar-refractivity contribution in [2.24, 2.45) is 5.41 Å². The van der Waals surface area contributed by atoms with Gasteiger partial charge >= 0.3 is 0 Å². The molecular formula is C14H21NO. The summed E-state index contributed by atoms with van der Waals surface area (Å²) in [6, 6.07) is 4.42. The second-order valence-electron chi connectivity index (χ2n) is 5.26. The normalized spacial score (nSPS) is 17.2. The van der Waals surface area contributed by atoms with E-state index in [9.17, 15) is 5.11 Å². The van der Waals surface area contributed by atoms with Gasteiger partial charge in [0, 0.05) is 17.6 Å². The Bertz CT molecular complexity index is 394. The Morgan fingerprint density at radius 2 is 1.75 bits per heavy atom. The fourth-order valence-electron chi connectivity index (χ4n) is 2.00. The largest absolute Gasteiger partial charge is 0.396 e. The SMILES string of the molecule is Cc1cc(C)c(NCC2(CO)CC2)cc1C. The number of aliphatic hydroxyl groups excluding tert-OH is 1. The smallest absolute Gasteiger partial charge is 0.0504 e. The first-order valence-corrected chi connectivity index (χ1v) is 5.99. The number of benzene rings is 1. The summed E-state index contributed by atoms with van der Waals surface area (Å²) in [5.41, 5.74) is 5.33. The second kappa shape index (κ2) is 4.10. The van der Waals surface area contributed by atoms with Gasteiger partial charge < -0.3 is 10.4 Å². The van der Waals surface area contributed by atoms with Crippen LogP contribution in [0.3, 0.4) is 0 Å². The molecule has 2 N–H and O–H groups in total. The highest BCUT2D eigenvalue weighted by Gasteiger charge is 2.41. The van der Waals surface area contributed by atoms with Crippen LogP contribution in [-0.2, 0) is 0 Å². The topological polar surface area (TPSA) is 32.3 Å². The maximum Gasteiger partial charge on any atom is 0.0504 e. The van der Waals surface area contributed by atoms with Gasteiger partial charge in [-0.2, -0.15) is 0 Å². The van der Waals surface area contributed by atoms with Crippen LogP contribution in [-0.4, -0.2) is 18.3 Å². The fraction of sp³-hybridized carbons (Fsp3) is 0.571. The van der Waals surface area contributed by atoms with Gasteiger partial charge in [-0.25, -0.2) is 0 Å². The van der Waals surface area contributed by atoms with Gasteiger partial charge in [-0.05, 0) is 56.4 Å². The van der Waals surface area contributed by atoms with Crippen LogP contribution in [0.15, 0.2) is 12.1 Å². The molecule has 0 unspecified atom stereocenters. The molecule has 88 valence electrons. The molecule has 1 aliphatic carbocycles. The maximum atomic E-state index is 9.26. The van der Waals surface area contributed by atoms with Crippen LogP contribution in [0.25, 0.3) is 0 Å². The van der Waals surface area contributed by atoms with Gasteiger partial charge in [0.2, 0.25) is 0 Å². The third kappa shape index (κ3) is 2.22. The average molecular weight is 219 g/mol. The molecule has 0 aliphatic heterocycles. The minimum atomic E-state index is 0.172. The van der Waals surface area contributed by atoms with Crippen molar-refractivity contribution >= 4 is 5.69 Å². The zero-order chi connectivity index (χ0) is 11.8. The Kier molecular flexibility index (Phi) is 2.94. The van der Waals surface area contributed by atoms with E-state index in [0.717, 1.165) is 19.4 Å². The van der Waals surface area contributed by atoms with Crippen molar-refractivity contribution in [2.45, 2.75) is 33.6 Å². The van der Waals surface area contributed by atoms with E-state index in [2.05, 4.69) is 38.2 Å². The third-order valence-electron chi connectivity index (χ3n) is 3.79. The molecule has 1 saturated carbocycles. The van der Waals surface area contributed by atoms with E-state index in [1.165, 1.54) is 22.4 Å². The van der Waals surface area contributed by atoms with Crippen molar-refractivity contribution < 1.29 is 5.11 Å². The standard InChI is InChI=1S/C14H21NO/c1-10-6-12(3)13(7-11(10)2)15-8-14(9-16)4-5-14/h6-7,15-16H,4-5,8-9H2,1-3H3. The molecule has 0 radical (unpaired) electrons.